The van der Waals surface area contributed by atoms with Gasteiger partial charge in [-0.15, -0.1) is 5.10 Å². The van der Waals surface area contributed by atoms with Crippen LogP contribution < -0.4 is 10.6 Å². The van der Waals surface area contributed by atoms with E-state index in [0.717, 1.165) is 16.9 Å². The Kier molecular flexibility index (Phi) is 5.61. The first-order valence-corrected chi connectivity index (χ1v) is 9.40. The van der Waals surface area contributed by atoms with Crippen LogP contribution in [0, 0.1) is 0 Å². The third-order valence-corrected chi connectivity index (χ3v) is 4.42. The van der Waals surface area contributed by atoms with Crippen LogP contribution in [0.2, 0.25) is 0 Å². The lowest BCUT2D eigenvalue weighted by molar-refractivity contribution is 0.0945. The summed E-state index contributed by atoms with van der Waals surface area (Å²) in [5.74, 6) is -0.545. The van der Waals surface area contributed by atoms with E-state index < -0.39 is 0 Å². The molecule has 0 radical (unpaired) electrons. The van der Waals surface area contributed by atoms with E-state index in [2.05, 4.69) is 20.9 Å². The van der Waals surface area contributed by atoms with E-state index in [-0.39, 0.29) is 24.1 Å². The van der Waals surface area contributed by atoms with Crippen molar-refractivity contribution in [3.63, 3.8) is 0 Å². The summed E-state index contributed by atoms with van der Waals surface area (Å²) in [6.45, 7) is 0.267. The molecule has 7 heteroatoms. The molecule has 2 N–H and O–H groups in total. The monoisotopic (exact) mass is 397 g/mol. The Balaban J connectivity index is 1.38. The lowest BCUT2D eigenvalue weighted by Gasteiger charge is -2.08. The molecule has 1 aromatic heterocycles. The van der Waals surface area contributed by atoms with Gasteiger partial charge in [-0.3, -0.25) is 9.59 Å². The number of para-hydroxylation sites is 2. The molecule has 0 aliphatic rings. The van der Waals surface area contributed by atoms with Crippen LogP contribution in [0.25, 0.3) is 5.69 Å². The molecule has 0 saturated carbocycles. The van der Waals surface area contributed by atoms with Crippen molar-refractivity contribution in [2.75, 3.05) is 5.32 Å². The number of hydrogen-bond donors (Lipinski definition) is 2. The molecular weight excluding hydrogens is 378 g/mol. The number of hydrogen-bond acceptors (Lipinski definition) is 4. The van der Waals surface area contributed by atoms with Gasteiger partial charge in [0.15, 0.2) is 5.69 Å². The molecule has 0 saturated heterocycles. The van der Waals surface area contributed by atoms with Crippen molar-refractivity contribution in [3.05, 3.63) is 108 Å². The maximum absolute atomic E-state index is 12.4. The number of amides is 2. The maximum Gasteiger partial charge on any atom is 0.273 e. The second-order valence-corrected chi connectivity index (χ2v) is 6.59. The second kappa shape index (κ2) is 8.83. The van der Waals surface area contributed by atoms with Gasteiger partial charge >= 0.3 is 0 Å². The van der Waals surface area contributed by atoms with Crippen LogP contribution in [0.1, 0.15) is 26.4 Å². The Bertz CT molecular complexity index is 1160. The van der Waals surface area contributed by atoms with Gasteiger partial charge in [0.25, 0.3) is 11.8 Å². The van der Waals surface area contributed by atoms with Gasteiger partial charge in [0.2, 0.25) is 0 Å². The second-order valence-electron chi connectivity index (χ2n) is 6.59. The van der Waals surface area contributed by atoms with Gasteiger partial charge in [0.05, 0.1) is 11.9 Å². The zero-order chi connectivity index (χ0) is 20.8. The van der Waals surface area contributed by atoms with E-state index in [1.807, 2.05) is 66.7 Å². The van der Waals surface area contributed by atoms with E-state index in [1.54, 1.807) is 29.1 Å². The van der Waals surface area contributed by atoms with E-state index in [0.29, 0.717) is 5.56 Å². The third kappa shape index (κ3) is 4.59. The lowest BCUT2D eigenvalue weighted by Crippen LogP contribution is -2.23. The molecule has 4 rings (SSSR count). The van der Waals surface area contributed by atoms with Gasteiger partial charge in [0.1, 0.15) is 0 Å². The molecule has 0 bridgehead atoms. The Morgan fingerprint density at radius 1 is 0.833 bits per heavy atom. The van der Waals surface area contributed by atoms with Crippen LogP contribution in [0.5, 0.6) is 0 Å². The number of carbonyl (C=O) groups excluding carboxylic acids is 2. The summed E-state index contributed by atoms with van der Waals surface area (Å²) in [5, 5.41) is 13.6. The van der Waals surface area contributed by atoms with Crippen molar-refractivity contribution in [1.82, 2.24) is 20.3 Å². The largest absolute Gasteiger partial charge is 0.347 e. The first kappa shape index (κ1) is 19.1. The smallest absolute Gasteiger partial charge is 0.273 e. The zero-order valence-corrected chi connectivity index (χ0v) is 16.0. The summed E-state index contributed by atoms with van der Waals surface area (Å²) in [7, 11) is 0. The molecule has 0 aliphatic heterocycles. The number of aromatic nitrogens is 3. The lowest BCUT2D eigenvalue weighted by atomic mass is 10.1. The highest BCUT2D eigenvalue weighted by Crippen LogP contribution is 2.11. The summed E-state index contributed by atoms with van der Waals surface area (Å²) >= 11 is 0. The molecule has 1 heterocycles. The minimum absolute atomic E-state index is 0.208. The Morgan fingerprint density at radius 3 is 2.33 bits per heavy atom. The molecule has 4 aromatic rings. The minimum Gasteiger partial charge on any atom is -0.347 e. The van der Waals surface area contributed by atoms with Crippen LogP contribution in [-0.2, 0) is 6.54 Å². The van der Waals surface area contributed by atoms with Gasteiger partial charge in [-0.1, -0.05) is 53.7 Å². The average Bonchev–Trinajstić information content (AvgIpc) is 3.29. The highest BCUT2D eigenvalue weighted by atomic mass is 16.2. The minimum atomic E-state index is -0.337. The fourth-order valence-electron chi connectivity index (χ4n) is 2.89. The van der Waals surface area contributed by atoms with Gasteiger partial charge < -0.3 is 10.6 Å². The molecule has 148 valence electrons. The van der Waals surface area contributed by atoms with Crippen LogP contribution in [-0.4, -0.2) is 26.8 Å². The van der Waals surface area contributed by atoms with Crippen LogP contribution >= 0.6 is 0 Å². The average molecular weight is 397 g/mol. The standard InChI is InChI=1S/C23H19N5O2/c29-22(25-19-10-3-1-4-11-19)18-9-7-8-17(14-18)15-24-23(30)21-16-28(27-26-21)20-12-5-2-6-13-20/h1-14,16H,15H2,(H,24,30)(H,25,29). The van der Waals surface area contributed by atoms with E-state index in [9.17, 15) is 9.59 Å². The van der Waals surface area contributed by atoms with Crippen LogP contribution in [0.15, 0.2) is 91.1 Å². The van der Waals surface area contributed by atoms with Gasteiger partial charge in [-0.25, -0.2) is 4.68 Å². The van der Waals surface area contributed by atoms with Crippen molar-refractivity contribution < 1.29 is 9.59 Å². The molecule has 2 amide bonds. The van der Waals surface area contributed by atoms with Gasteiger partial charge in [-0.05, 0) is 42.0 Å². The summed E-state index contributed by atoms with van der Waals surface area (Å²) < 4.78 is 1.55. The highest BCUT2D eigenvalue weighted by molar-refractivity contribution is 6.04. The fourth-order valence-corrected chi connectivity index (χ4v) is 2.89. The van der Waals surface area contributed by atoms with Crippen LogP contribution in [0.4, 0.5) is 5.69 Å². The molecular formula is C23H19N5O2. The molecule has 30 heavy (non-hydrogen) atoms. The first-order valence-electron chi connectivity index (χ1n) is 9.40. The Morgan fingerprint density at radius 2 is 1.57 bits per heavy atom. The topological polar surface area (TPSA) is 88.9 Å². The number of carbonyl (C=O) groups is 2. The van der Waals surface area contributed by atoms with Gasteiger partial charge in [-0.2, -0.15) is 0 Å². The highest BCUT2D eigenvalue weighted by Gasteiger charge is 2.12. The van der Waals surface area contributed by atoms with Gasteiger partial charge in [0, 0.05) is 17.8 Å². The maximum atomic E-state index is 12.4. The molecule has 7 nitrogen and oxygen atoms in total. The van der Waals surface area contributed by atoms with E-state index in [4.69, 9.17) is 0 Å². The Labute approximate surface area is 173 Å². The van der Waals surface area contributed by atoms with Crippen molar-refractivity contribution in [2.24, 2.45) is 0 Å². The van der Waals surface area contributed by atoms with Crippen molar-refractivity contribution in [1.29, 1.82) is 0 Å². The number of rotatable bonds is 6. The molecule has 0 fully saturated rings. The third-order valence-electron chi connectivity index (χ3n) is 4.42. The quantitative estimate of drug-likeness (QED) is 0.522. The van der Waals surface area contributed by atoms with Crippen molar-refractivity contribution >= 4 is 17.5 Å². The predicted octanol–water partition coefficient (Wildman–Crippen LogP) is 3.45. The van der Waals surface area contributed by atoms with E-state index in [1.165, 1.54) is 0 Å². The molecule has 0 aliphatic carbocycles. The molecule has 0 unspecified atom stereocenters. The molecule has 0 spiro atoms. The zero-order valence-electron chi connectivity index (χ0n) is 16.0. The van der Waals surface area contributed by atoms with Crippen molar-refractivity contribution in [2.45, 2.75) is 6.54 Å². The number of nitrogens with one attached hydrogen (secondary N) is 2. The van der Waals surface area contributed by atoms with Crippen molar-refractivity contribution in [3.8, 4) is 5.69 Å². The normalized spacial score (nSPS) is 10.4. The molecule has 3 aromatic carbocycles. The SMILES string of the molecule is O=C(Nc1ccccc1)c1cccc(CNC(=O)c2cn(-c3ccccc3)nn2)c1. The summed E-state index contributed by atoms with van der Waals surface area (Å²) in [6.07, 6.45) is 1.58. The van der Waals surface area contributed by atoms with Crippen LogP contribution in [0.3, 0.4) is 0 Å². The Hall–Kier alpha value is -4.26. The summed E-state index contributed by atoms with van der Waals surface area (Å²) in [4.78, 5) is 24.9. The number of anilines is 1. The predicted molar refractivity (Wildman–Crippen MR) is 113 cm³/mol. The van der Waals surface area contributed by atoms with E-state index >= 15 is 0 Å². The first-order chi connectivity index (χ1) is 14.7. The number of benzene rings is 3. The molecule has 0 atom stereocenters. The summed E-state index contributed by atoms with van der Waals surface area (Å²) in [5.41, 5.74) is 3.08. The number of nitrogens with zero attached hydrogens (tertiary/aromatic N) is 3. The summed E-state index contributed by atoms with van der Waals surface area (Å²) in [6, 6.07) is 25.8. The fraction of sp³-hybridized carbons (Fsp3) is 0.0435.